The van der Waals surface area contributed by atoms with Crippen LogP contribution in [0.15, 0.2) is 48.6 Å². The fourth-order valence-corrected chi connectivity index (χ4v) is 7.92. The van der Waals surface area contributed by atoms with Gasteiger partial charge in [0, 0.05) is 19.3 Å². The fourth-order valence-electron chi connectivity index (χ4n) is 7.92. The predicted molar refractivity (Wildman–Crippen MR) is 275 cm³/mol. The number of carbonyl (C=O) groups excluding carboxylic acids is 3. The molecule has 0 spiro atoms. The highest BCUT2D eigenvalue weighted by Gasteiger charge is 2.19. The Morgan fingerprint density at radius 1 is 0.328 bits per heavy atom. The third-order valence-corrected chi connectivity index (χ3v) is 12.1. The van der Waals surface area contributed by atoms with Crippen molar-refractivity contribution in [1.29, 1.82) is 0 Å². The zero-order valence-electron chi connectivity index (χ0n) is 42.6. The van der Waals surface area contributed by atoms with Crippen molar-refractivity contribution < 1.29 is 28.6 Å². The van der Waals surface area contributed by atoms with Crippen molar-refractivity contribution in [2.24, 2.45) is 0 Å². The Labute approximate surface area is 397 Å². The van der Waals surface area contributed by atoms with E-state index in [1.807, 2.05) is 0 Å². The molecule has 0 saturated carbocycles. The van der Waals surface area contributed by atoms with E-state index in [1.165, 1.54) is 148 Å². The lowest BCUT2D eigenvalue weighted by atomic mass is 10.0. The molecule has 64 heavy (non-hydrogen) atoms. The van der Waals surface area contributed by atoms with E-state index in [0.717, 1.165) is 96.3 Å². The summed E-state index contributed by atoms with van der Waals surface area (Å²) in [5.41, 5.74) is 0. The van der Waals surface area contributed by atoms with Crippen LogP contribution in [-0.4, -0.2) is 37.2 Å². The van der Waals surface area contributed by atoms with E-state index in [-0.39, 0.29) is 31.1 Å². The fraction of sp³-hybridized carbons (Fsp3) is 0.810. The molecule has 0 heterocycles. The third kappa shape index (κ3) is 50.4. The van der Waals surface area contributed by atoms with E-state index in [4.69, 9.17) is 14.2 Å². The van der Waals surface area contributed by atoms with E-state index in [2.05, 4.69) is 69.4 Å². The first-order valence-corrected chi connectivity index (χ1v) is 27.6. The summed E-state index contributed by atoms with van der Waals surface area (Å²) in [6, 6.07) is 0. The van der Waals surface area contributed by atoms with Gasteiger partial charge in [-0.05, 0) is 77.0 Å². The van der Waals surface area contributed by atoms with Gasteiger partial charge in [-0.25, -0.2) is 0 Å². The molecular weight excluding hydrogens is 793 g/mol. The van der Waals surface area contributed by atoms with Gasteiger partial charge in [-0.15, -0.1) is 0 Å². The molecule has 0 aromatic carbocycles. The summed E-state index contributed by atoms with van der Waals surface area (Å²) in [5.74, 6) is -0.889. The SMILES string of the molecule is CC/C=C\C/C=C\C/C=C\CCCCCCCCC(=O)OC(COC(=O)CCCCCCC/C=C\CCCCC)COC(=O)CCCCCCCCCCCCCCCCCCCC. The number of carbonyl (C=O) groups is 3. The van der Waals surface area contributed by atoms with Crippen LogP contribution < -0.4 is 0 Å². The molecule has 1 unspecified atom stereocenters. The van der Waals surface area contributed by atoms with Gasteiger partial charge >= 0.3 is 17.9 Å². The average Bonchev–Trinajstić information content (AvgIpc) is 3.29. The van der Waals surface area contributed by atoms with Crippen LogP contribution in [0.25, 0.3) is 0 Å². The van der Waals surface area contributed by atoms with Crippen LogP contribution in [-0.2, 0) is 28.6 Å². The lowest BCUT2D eigenvalue weighted by molar-refractivity contribution is -0.167. The lowest BCUT2D eigenvalue weighted by Crippen LogP contribution is -2.30. The van der Waals surface area contributed by atoms with Gasteiger partial charge in [0.05, 0.1) is 0 Å². The van der Waals surface area contributed by atoms with Crippen molar-refractivity contribution in [2.75, 3.05) is 13.2 Å². The highest BCUT2D eigenvalue weighted by molar-refractivity contribution is 5.71. The minimum atomic E-state index is -0.780. The topological polar surface area (TPSA) is 78.9 Å². The average molecular weight is 897 g/mol. The first kappa shape index (κ1) is 61.4. The standard InChI is InChI=1S/C58H104O6/c1-4-7-10-13-16-19-22-25-27-29-30-32-33-36-39-42-45-48-51-57(60)63-54-55(53-62-56(59)50-47-44-41-38-35-24-21-18-15-12-9-6-3)64-58(61)52-49-46-43-40-37-34-31-28-26-23-20-17-14-11-8-5-2/h8,11,17-18,20-21,26,28,55H,4-7,9-10,12-16,19,22-25,27,29-54H2,1-3H3/b11-8-,20-17-,21-18-,28-26-. The molecule has 0 N–H and O–H groups in total. The summed E-state index contributed by atoms with van der Waals surface area (Å²) >= 11 is 0. The van der Waals surface area contributed by atoms with Crippen LogP contribution in [0.3, 0.4) is 0 Å². The van der Waals surface area contributed by atoms with E-state index in [1.54, 1.807) is 0 Å². The Morgan fingerprint density at radius 2 is 0.609 bits per heavy atom. The first-order valence-electron chi connectivity index (χ1n) is 27.6. The molecule has 6 heteroatoms. The van der Waals surface area contributed by atoms with Crippen LogP contribution in [0.1, 0.15) is 284 Å². The summed E-state index contributed by atoms with van der Waals surface area (Å²) in [5, 5.41) is 0. The van der Waals surface area contributed by atoms with Gasteiger partial charge in [-0.2, -0.15) is 0 Å². The summed E-state index contributed by atoms with van der Waals surface area (Å²) in [6.07, 6.45) is 63.8. The van der Waals surface area contributed by atoms with Crippen molar-refractivity contribution in [2.45, 2.75) is 290 Å². The van der Waals surface area contributed by atoms with Gasteiger partial charge in [-0.3, -0.25) is 14.4 Å². The molecule has 372 valence electrons. The van der Waals surface area contributed by atoms with Gasteiger partial charge in [0.2, 0.25) is 0 Å². The Morgan fingerprint density at radius 3 is 1.00 bits per heavy atom. The van der Waals surface area contributed by atoms with E-state index < -0.39 is 6.10 Å². The third-order valence-electron chi connectivity index (χ3n) is 12.1. The molecule has 0 bridgehead atoms. The summed E-state index contributed by atoms with van der Waals surface area (Å²) in [6.45, 7) is 6.52. The molecule has 0 aromatic rings. The molecule has 0 fully saturated rings. The second-order valence-corrected chi connectivity index (χ2v) is 18.5. The summed E-state index contributed by atoms with van der Waals surface area (Å²) < 4.78 is 16.8. The van der Waals surface area contributed by atoms with Crippen molar-refractivity contribution >= 4 is 17.9 Å². The number of hydrogen-bond acceptors (Lipinski definition) is 6. The number of unbranched alkanes of at least 4 members (excludes halogenated alkanes) is 31. The minimum Gasteiger partial charge on any atom is -0.462 e. The number of hydrogen-bond donors (Lipinski definition) is 0. The Kier molecular flexibility index (Phi) is 50.8. The molecular formula is C58H104O6. The molecule has 0 aromatic heterocycles. The molecule has 6 nitrogen and oxygen atoms in total. The maximum absolute atomic E-state index is 12.8. The van der Waals surface area contributed by atoms with Crippen molar-refractivity contribution in [1.82, 2.24) is 0 Å². The number of allylic oxidation sites excluding steroid dienone is 8. The zero-order valence-corrected chi connectivity index (χ0v) is 42.6. The zero-order chi connectivity index (χ0) is 46.5. The second kappa shape index (κ2) is 53.0. The number of esters is 3. The van der Waals surface area contributed by atoms with Crippen LogP contribution in [0.2, 0.25) is 0 Å². The van der Waals surface area contributed by atoms with E-state index in [9.17, 15) is 14.4 Å². The molecule has 0 radical (unpaired) electrons. The maximum atomic E-state index is 12.8. The van der Waals surface area contributed by atoms with Crippen LogP contribution in [0.4, 0.5) is 0 Å². The highest BCUT2D eigenvalue weighted by Crippen LogP contribution is 2.16. The molecule has 0 amide bonds. The van der Waals surface area contributed by atoms with Gasteiger partial charge in [0.1, 0.15) is 13.2 Å². The Bertz CT molecular complexity index is 1120. The normalized spacial score (nSPS) is 12.4. The molecule has 0 aliphatic heterocycles. The van der Waals surface area contributed by atoms with Gasteiger partial charge in [-0.1, -0.05) is 236 Å². The minimum absolute atomic E-state index is 0.0784. The molecule has 0 aliphatic rings. The Balaban J connectivity index is 4.34. The molecule has 0 rings (SSSR count). The first-order chi connectivity index (χ1) is 31.5. The van der Waals surface area contributed by atoms with Gasteiger partial charge in [0.15, 0.2) is 6.10 Å². The molecule has 0 saturated heterocycles. The quantitative estimate of drug-likeness (QED) is 0.0262. The smallest absolute Gasteiger partial charge is 0.306 e. The second-order valence-electron chi connectivity index (χ2n) is 18.5. The van der Waals surface area contributed by atoms with Crippen molar-refractivity contribution in [3.8, 4) is 0 Å². The van der Waals surface area contributed by atoms with Crippen LogP contribution >= 0.6 is 0 Å². The largest absolute Gasteiger partial charge is 0.462 e. The van der Waals surface area contributed by atoms with Crippen molar-refractivity contribution in [3.05, 3.63) is 48.6 Å². The Hall–Kier alpha value is -2.63. The molecule has 1 atom stereocenters. The van der Waals surface area contributed by atoms with Gasteiger partial charge < -0.3 is 14.2 Å². The molecule has 0 aliphatic carbocycles. The van der Waals surface area contributed by atoms with Crippen molar-refractivity contribution in [3.63, 3.8) is 0 Å². The maximum Gasteiger partial charge on any atom is 0.306 e. The van der Waals surface area contributed by atoms with E-state index in [0.29, 0.717) is 19.3 Å². The van der Waals surface area contributed by atoms with Crippen LogP contribution in [0, 0.1) is 0 Å². The number of ether oxygens (including phenoxy) is 3. The highest BCUT2D eigenvalue weighted by atomic mass is 16.6. The van der Waals surface area contributed by atoms with Crippen LogP contribution in [0.5, 0.6) is 0 Å². The number of rotatable bonds is 50. The predicted octanol–water partition coefficient (Wildman–Crippen LogP) is 18.3. The summed E-state index contributed by atoms with van der Waals surface area (Å²) in [7, 11) is 0. The monoisotopic (exact) mass is 897 g/mol. The van der Waals surface area contributed by atoms with E-state index >= 15 is 0 Å². The summed E-state index contributed by atoms with van der Waals surface area (Å²) in [4.78, 5) is 38.1. The lowest BCUT2D eigenvalue weighted by Gasteiger charge is -2.18. The van der Waals surface area contributed by atoms with Gasteiger partial charge in [0.25, 0.3) is 0 Å².